The summed E-state index contributed by atoms with van der Waals surface area (Å²) in [5.74, 6) is -0.986. The zero-order valence-corrected chi connectivity index (χ0v) is 10.5. The predicted octanol–water partition coefficient (Wildman–Crippen LogP) is 3.59. The Bertz CT molecular complexity index is 282. The third-order valence-electron chi connectivity index (χ3n) is 0.933. The minimum absolute atomic E-state index is 0.205. The minimum Gasteiger partial charge on any atom is -0.312 e. The van der Waals surface area contributed by atoms with Gasteiger partial charge in [0.15, 0.2) is 5.03 Å². The third-order valence-corrected chi connectivity index (χ3v) is 2.48. The average Bonchev–Trinajstić information content (AvgIpc) is 2.11. The van der Waals surface area contributed by atoms with Crippen molar-refractivity contribution >= 4 is 69.7 Å². The maximum atomic E-state index is 10.9. The number of oxime groups is 1. The lowest BCUT2D eigenvalue weighted by molar-refractivity contribution is -0.138. The first kappa shape index (κ1) is 14.3. The SMILES string of the molecule is CC(=NOC(=O)C(Cl)=C(Cl)Cl)C(Cl)Cl. The molecule has 0 radical (unpaired) electrons. The van der Waals surface area contributed by atoms with Gasteiger partial charge < -0.3 is 4.84 Å². The Labute approximate surface area is 106 Å². The van der Waals surface area contributed by atoms with E-state index < -0.39 is 20.3 Å². The van der Waals surface area contributed by atoms with Crippen LogP contribution in [-0.2, 0) is 9.63 Å². The van der Waals surface area contributed by atoms with Gasteiger partial charge in [0.1, 0.15) is 9.33 Å². The highest BCUT2D eigenvalue weighted by Gasteiger charge is 2.13. The van der Waals surface area contributed by atoms with Gasteiger partial charge in [-0.15, -0.1) is 0 Å². The Morgan fingerprint density at radius 1 is 1.29 bits per heavy atom. The van der Waals surface area contributed by atoms with E-state index in [0.717, 1.165) is 0 Å². The van der Waals surface area contributed by atoms with Crippen LogP contribution >= 0.6 is 58.0 Å². The molecule has 0 saturated heterocycles. The van der Waals surface area contributed by atoms with Gasteiger partial charge in [-0.3, -0.25) is 0 Å². The van der Waals surface area contributed by atoms with E-state index in [1.807, 2.05) is 0 Å². The van der Waals surface area contributed by atoms with Crippen molar-refractivity contribution in [2.24, 2.45) is 5.16 Å². The fourth-order valence-corrected chi connectivity index (χ4v) is 0.539. The van der Waals surface area contributed by atoms with Gasteiger partial charge in [0.2, 0.25) is 0 Å². The summed E-state index contributed by atoms with van der Waals surface area (Å²) in [7, 11) is 0. The number of alkyl halides is 2. The van der Waals surface area contributed by atoms with Crippen LogP contribution in [0.15, 0.2) is 14.7 Å². The average molecular weight is 299 g/mol. The summed E-state index contributed by atoms with van der Waals surface area (Å²) in [5, 5.41) is 2.83. The number of carbonyl (C=O) groups is 1. The number of carbonyl (C=O) groups excluding carboxylic acids is 1. The van der Waals surface area contributed by atoms with Gasteiger partial charge in [-0.1, -0.05) is 63.2 Å². The van der Waals surface area contributed by atoms with Crippen molar-refractivity contribution in [1.82, 2.24) is 0 Å². The molecule has 3 nitrogen and oxygen atoms in total. The zero-order chi connectivity index (χ0) is 11.3. The van der Waals surface area contributed by atoms with Crippen LogP contribution in [0, 0.1) is 0 Å². The molecule has 14 heavy (non-hydrogen) atoms. The predicted molar refractivity (Wildman–Crippen MR) is 59.3 cm³/mol. The fraction of sp³-hybridized carbons (Fsp3) is 0.333. The van der Waals surface area contributed by atoms with E-state index in [9.17, 15) is 4.79 Å². The molecular formula is C6H4Cl5NO2. The van der Waals surface area contributed by atoms with E-state index in [1.165, 1.54) is 6.92 Å². The molecule has 0 amide bonds. The van der Waals surface area contributed by atoms with Crippen molar-refractivity contribution in [3.8, 4) is 0 Å². The van der Waals surface area contributed by atoms with Crippen molar-refractivity contribution in [3.05, 3.63) is 9.52 Å². The van der Waals surface area contributed by atoms with Gasteiger partial charge in [0.05, 0.1) is 5.71 Å². The summed E-state index contributed by atoms with van der Waals surface area (Å²) < 4.78 is -0.405. The van der Waals surface area contributed by atoms with E-state index in [0.29, 0.717) is 0 Å². The van der Waals surface area contributed by atoms with Crippen LogP contribution in [-0.4, -0.2) is 16.5 Å². The van der Waals surface area contributed by atoms with Crippen molar-refractivity contribution in [2.75, 3.05) is 0 Å². The second kappa shape index (κ2) is 6.75. The highest BCUT2D eigenvalue weighted by atomic mass is 35.5. The summed E-state index contributed by atoms with van der Waals surface area (Å²) in [6.45, 7) is 1.47. The molecule has 0 heterocycles. The summed E-state index contributed by atoms with van der Waals surface area (Å²) in [6, 6.07) is 0. The Morgan fingerprint density at radius 2 is 1.79 bits per heavy atom. The summed E-state index contributed by atoms with van der Waals surface area (Å²) in [5.41, 5.74) is 0.205. The molecule has 0 aliphatic rings. The molecule has 0 unspecified atom stereocenters. The largest absolute Gasteiger partial charge is 0.379 e. The lowest BCUT2D eigenvalue weighted by Gasteiger charge is -1.99. The maximum Gasteiger partial charge on any atom is 0.379 e. The zero-order valence-electron chi connectivity index (χ0n) is 6.73. The lowest BCUT2D eigenvalue weighted by atomic mass is 10.5. The monoisotopic (exact) mass is 297 g/mol. The topological polar surface area (TPSA) is 38.7 Å². The molecule has 0 rings (SSSR count). The Morgan fingerprint density at radius 3 is 2.14 bits per heavy atom. The second-order valence-corrected chi connectivity index (χ2v) is 4.41. The van der Waals surface area contributed by atoms with E-state index in [2.05, 4.69) is 9.99 Å². The van der Waals surface area contributed by atoms with Crippen molar-refractivity contribution < 1.29 is 9.63 Å². The molecule has 0 fully saturated rings. The molecule has 80 valence electrons. The maximum absolute atomic E-state index is 10.9. The number of halogens is 5. The summed E-state index contributed by atoms with van der Waals surface area (Å²) in [6.07, 6.45) is 0. The van der Waals surface area contributed by atoms with Crippen LogP contribution in [0.2, 0.25) is 0 Å². The molecule has 0 aliphatic heterocycles. The van der Waals surface area contributed by atoms with E-state index >= 15 is 0 Å². The quantitative estimate of drug-likeness (QED) is 0.263. The van der Waals surface area contributed by atoms with Gasteiger partial charge in [0.25, 0.3) is 0 Å². The first-order chi connectivity index (χ1) is 6.36. The molecule has 8 heteroatoms. The molecule has 0 spiro atoms. The van der Waals surface area contributed by atoms with Crippen molar-refractivity contribution in [3.63, 3.8) is 0 Å². The normalized spacial score (nSPS) is 11.5. The molecule has 0 aliphatic carbocycles. The molecule has 0 aromatic rings. The van der Waals surface area contributed by atoms with Gasteiger partial charge >= 0.3 is 5.97 Å². The van der Waals surface area contributed by atoms with Crippen LogP contribution in [0.4, 0.5) is 0 Å². The van der Waals surface area contributed by atoms with Gasteiger partial charge in [-0.2, -0.15) is 0 Å². The Kier molecular flexibility index (Phi) is 6.91. The first-order valence-corrected chi connectivity index (χ1v) is 5.11. The van der Waals surface area contributed by atoms with E-state index in [-0.39, 0.29) is 5.71 Å². The second-order valence-electron chi connectivity index (χ2n) is 1.99. The lowest BCUT2D eigenvalue weighted by Crippen LogP contribution is -2.07. The minimum atomic E-state index is -0.986. The number of hydrogen-bond acceptors (Lipinski definition) is 3. The van der Waals surface area contributed by atoms with Crippen molar-refractivity contribution in [2.45, 2.75) is 11.8 Å². The third kappa shape index (κ3) is 5.27. The molecule has 0 bridgehead atoms. The van der Waals surface area contributed by atoms with Crippen molar-refractivity contribution in [1.29, 1.82) is 0 Å². The smallest absolute Gasteiger partial charge is 0.312 e. The van der Waals surface area contributed by atoms with Gasteiger partial charge in [0, 0.05) is 0 Å². The van der Waals surface area contributed by atoms with E-state index in [4.69, 9.17) is 58.0 Å². The fourth-order valence-electron chi connectivity index (χ4n) is 0.271. The number of hydrogen-bond donors (Lipinski definition) is 0. The number of rotatable bonds is 3. The van der Waals surface area contributed by atoms with Crippen LogP contribution in [0.25, 0.3) is 0 Å². The highest BCUT2D eigenvalue weighted by molar-refractivity contribution is 6.62. The van der Waals surface area contributed by atoms with Crippen LogP contribution < -0.4 is 0 Å². The first-order valence-electron chi connectivity index (χ1n) is 3.11. The van der Waals surface area contributed by atoms with Gasteiger partial charge in [-0.25, -0.2) is 4.79 Å². The molecule has 0 saturated carbocycles. The highest BCUT2D eigenvalue weighted by Crippen LogP contribution is 2.19. The molecule has 0 N–H and O–H groups in total. The standard InChI is InChI=1S/C6H4Cl5NO2/c1-2(4(8)9)12-14-6(13)3(7)5(10)11/h4H,1H3. The molecule has 0 atom stereocenters. The Balaban J connectivity index is 4.37. The summed E-state index contributed by atoms with van der Waals surface area (Å²) in [4.78, 5) is 14.4. The van der Waals surface area contributed by atoms with E-state index in [1.54, 1.807) is 0 Å². The number of nitrogens with zero attached hydrogens (tertiary/aromatic N) is 1. The Hall–Kier alpha value is 0.330. The molecule has 0 aromatic heterocycles. The van der Waals surface area contributed by atoms with Crippen LogP contribution in [0.1, 0.15) is 6.92 Å². The molecule has 0 aromatic carbocycles. The van der Waals surface area contributed by atoms with Crippen LogP contribution in [0.5, 0.6) is 0 Å². The molecular weight excluding hydrogens is 295 g/mol. The van der Waals surface area contributed by atoms with Gasteiger partial charge in [-0.05, 0) is 6.92 Å². The summed E-state index contributed by atoms with van der Waals surface area (Å²) >= 11 is 26.6. The van der Waals surface area contributed by atoms with Crippen LogP contribution in [0.3, 0.4) is 0 Å².